The molecule has 38 heavy (non-hydrogen) atoms. The van der Waals surface area contributed by atoms with Crippen molar-refractivity contribution in [2.75, 3.05) is 50.8 Å². The Kier molecular flexibility index (Phi) is 6.08. The molecule has 1 saturated carbocycles. The lowest BCUT2D eigenvalue weighted by atomic mass is 9.91. The quantitative estimate of drug-likeness (QED) is 0.560. The molecule has 4 aliphatic rings. The zero-order chi connectivity index (χ0) is 26.5. The van der Waals surface area contributed by atoms with E-state index in [9.17, 15) is 14.4 Å². The molecule has 8 heteroatoms. The fourth-order valence-electron chi connectivity index (χ4n) is 6.13. The summed E-state index contributed by atoms with van der Waals surface area (Å²) in [5, 5.41) is 0. The number of likely N-dealkylation sites (tertiary alicyclic amines) is 1. The van der Waals surface area contributed by atoms with E-state index in [0.29, 0.717) is 50.7 Å². The van der Waals surface area contributed by atoms with Gasteiger partial charge in [-0.15, -0.1) is 0 Å². The molecule has 0 N–H and O–H groups in total. The van der Waals surface area contributed by atoms with Crippen molar-refractivity contribution in [1.29, 1.82) is 0 Å². The van der Waals surface area contributed by atoms with Crippen LogP contribution in [0, 0.1) is 5.92 Å². The highest BCUT2D eigenvalue weighted by Crippen LogP contribution is 2.52. The third-order valence-electron chi connectivity index (χ3n) is 8.47. The van der Waals surface area contributed by atoms with E-state index in [1.165, 1.54) is 0 Å². The average molecular weight is 518 g/mol. The van der Waals surface area contributed by atoms with Crippen LogP contribution in [0.5, 0.6) is 0 Å². The number of benzene rings is 2. The SMILES string of the molecule is CC(C)COC(=O)N1CCN(c2ccc(C3(C(=O)N4CC[C@@]5(C4)OC(=O)c4ccccc45)CC3)cc2)CC1. The van der Waals surface area contributed by atoms with Gasteiger partial charge in [-0.1, -0.05) is 44.2 Å². The van der Waals surface area contributed by atoms with Gasteiger partial charge < -0.3 is 24.2 Å². The lowest BCUT2D eigenvalue weighted by Crippen LogP contribution is -2.49. The van der Waals surface area contributed by atoms with Gasteiger partial charge in [-0.05, 0) is 42.5 Å². The maximum atomic E-state index is 13.8. The van der Waals surface area contributed by atoms with Crippen LogP contribution in [-0.2, 0) is 25.3 Å². The summed E-state index contributed by atoms with van der Waals surface area (Å²) >= 11 is 0. The Labute approximate surface area is 223 Å². The highest BCUT2D eigenvalue weighted by molar-refractivity contribution is 5.96. The van der Waals surface area contributed by atoms with E-state index in [1.807, 2.05) is 36.9 Å². The summed E-state index contributed by atoms with van der Waals surface area (Å²) in [7, 11) is 0. The van der Waals surface area contributed by atoms with Crippen LogP contribution in [0.15, 0.2) is 48.5 Å². The third kappa shape index (κ3) is 4.20. The fraction of sp³-hybridized carbons (Fsp3) is 0.500. The molecule has 1 atom stereocenters. The maximum absolute atomic E-state index is 13.8. The molecule has 0 aromatic heterocycles. The molecule has 8 nitrogen and oxygen atoms in total. The number of anilines is 1. The predicted octanol–water partition coefficient (Wildman–Crippen LogP) is 3.93. The van der Waals surface area contributed by atoms with Gasteiger partial charge in [0.1, 0.15) is 0 Å². The normalized spacial score (nSPS) is 23.6. The zero-order valence-corrected chi connectivity index (χ0v) is 22.2. The number of fused-ring (bicyclic) bond motifs is 2. The Balaban J connectivity index is 1.09. The van der Waals surface area contributed by atoms with Gasteiger partial charge in [0, 0.05) is 50.4 Å². The van der Waals surface area contributed by atoms with Crippen LogP contribution in [-0.4, -0.2) is 73.6 Å². The number of ether oxygens (including phenoxy) is 2. The Hall–Kier alpha value is -3.55. The van der Waals surface area contributed by atoms with Crippen molar-refractivity contribution in [3.63, 3.8) is 0 Å². The van der Waals surface area contributed by atoms with Crippen LogP contribution < -0.4 is 4.90 Å². The molecule has 1 aliphatic carbocycles. The Morgan fingerprint density at radius 3 is 2.32 bits per heavy atom. The standard InChI is InChI=1S/C30H35N3O5/c1-21(2)19-37-28(36)32-17-15-31(16-18-32)23-9-7-22(8-10-23)29(11-12-29)27(35)33-14-13-30(20-33)25-6-4-3-5-24(25)26(34)38-30/h3-10,21H,11-20H2,1-2H3/t30-/m0/s1. The number of carbonyl (C=O) groups excluding carboxylic acids is 3. The number of hydrogen-bond acceptors (Lipinski definition) is 6. The van der Waals surface area contributed by atoms with Crippen molar-refractivity contribution in [3.8, 4) is 0 Å². The lowest BCUT2D eigenvalue weighted by Gasteiger charge is -2.35. The lowest BCUT2D eigenvalue weighted by molar-refractivity contribution is -0.134. The van der Waals surface area contributed by atoms with Crippen LogP contribution in [0.1, 0.15) is 54.6 Å². The molecule has 0 unspecified atom stereocenters. The molecule has 0 bridgehead atoms. The molecule has 3 aliphatic heterocycles. The largest absolute Gasteiger partial charge is 0.449 e. The van der Waals surface area contributed by atoms with Crippen LogP contribution in [0.2, 0.25) is 0 Å². The molecule has 2 saturated heterocycles. The smallest absolute Gasteiger partial charge is 0.409 e. The number of rotatable bonds is 5. The molecule has 3 fully saturated rings. The summed E-state index contributed by atoms with van der Waals surface area (Å²) < 4.78 is 11.2. The summed E-state index contributed by atoms with van der Waals surface area (Å²) in [6.07, 6.45) is 2.07. The van der Waals surface area contributed by atoms with Crippen molar-refractivity contribution in [3.05, 3.63) is 65.2 Å². The van der Waals surface area contributed by atoms with Crippen molar-refractivity contribution < 1.29 is 23.9 Å². The van der Waals surface area contributed by atoms with Gasteiger partial charge >= 0.3 is 12.1 Å². The third-order valence-corrected chi connectivity index (χ3v) is 8.47. The Morgan fingerprint density at radius 2 is 1.63 bits per heavy atom. The molecule has 6 rings (SSSR count). The first-order valence-corrected chi connectivity index (χ1v) is 13.7. The van der Waals surface area contributed by atoms with Gasteiger partial charge in [-0.2, -0.15) is 0 Å². The highest BCUT2D eigenvalue weighted by Gasteiger charge is 2.57. The molecular formula is C30H35N3O5. The Bertz CT molecular complexity index is 1250. The maximum Gasteiger partial charge on any atom is 0.409 e. The van der Waals surface area contributed by atoms with Crippen LogP contribution in [0.4, 0.5) is 10.5 Å². The topological polar surface area (TPSA) is 79.4 Å². The first-order valence-electron chi connectivity index (χ1n) is 13.7. The second kappa shape index (κ2) is 9.33. The Morgan fingerprint density at radius 1 is 0.921 bits per heavy atom. The second-order valence-electron chi connectivity index (χ2n) is 11.5. The van der Waals surface area contributed by atoms with E-state index in [-0.39, 0.29) is 18.0 Å². The monoisotopic (exact) mass is 517 g/mol. The number of carbonyl (C=O) groups is 3. The van der Waals surface area contributed by atoms with Gasteiger partial charge in [-0.3, -0.25) is 4.79 Å². The molecular weight excluding hydrogens is 482 g/mol. The summed E-state index contributed by atoms with van der Waals surface area (Å²) in [6.45, 7) is 8.26. The van der Waals surface area contributed by atoms with Crippen molar-refractivity contribution in [2.45, 2.75) is 44.1 Å². The highest BCUT2D eigenvalue weighted by atomic mass is 16.6. The van der Waals surface area contributed by atoms with E-state index in [4.69, 9.17) is 9.47 Å². The summed E-state index contributed by atoms with van der Waals surface area (Å²) in [4.78, 5) is 44.4. The number of hydrogen-bond donors (Lipinski definition) is 0. The average Bonchev–Trinajstić information content (AvgIpc) is 3.57. The van der Waals surface area contributed by atoms with Crippen LogP contribution >= 0.6 is 0 Å². The molecule has 1 spiro atoms. The predicted molar refractivity (Wildman–Crippen MR) is 142 cm³/mol. The minimum Gasteiger partial charge on any atom is -0.449 e. The first-order chi connectivity index (χ1) is 18.3. The van der Waals surface area contributed by atoms with Gasteiger partial charge in [-0.25, -0.2) is 9.59 Å². The minimum atomic E-state index is -0.716. The van der Waals surface area contributed by atoms with E-state index in [0.717, 1.165) is 42.7 Å². The summed E-state index contributed by atoms with van der Waals surface area (Å²) in [6, 6.07) is 15.9. The van der Waals surface area contributed by atoms with Crippen LogP contribution in [0.3, 0.4) is 0 Å². The van der Waals surface area contributed by atoms with E-state index in [1.54, 1.807) is 11.0 Å². The van der Waals surface area contributed by atoms with E-state index < -0.39 is 11.0 Å². The minimum absolute atomic E-state index is 0.135. The van der Waals surface area contributed by atoms with Gasteiger partial charge in [0.15, 0.2) is 5.60 Å². The van der Waals surface area contributed by atoms with Gasteiger partial charge in [0.05, 0.1) is 24.1 Å². The van der Waals surface area contributed by atoms with E-state index >= 15 is 0 Å². The van der Waals surface area contributed by atoms with Crippen molar-refractivity contribution in [1.82, 2.24) is 9.80 Å². The summed E-state index contributed by atoms with van der Waals surface area (Å²) in [5.41, 5.74) is 2.47. The molecule has 200 valence electrons. The first kappa shape index (κ1) is 24.8. The van der Waals surface area contributed by atoms with Crippen LogP contribution in [0.25, 0.3) is 0 Å². The summed E-state index contributed by atoms with van der Waals surface area (Å²) in [5.74, 6) is 0.167. The molecule has 0 radical (unpaired) electrons. The van der Waals surface area contributed by atoms with Crippen molar-refractivity contribution >= 4 is 23.7 Å². The van der Waals surface area contributed by atoms with Gasteiger partial charge in [0.2, 0.25) is 5.91 Å². The van der Waals surface area contributed by atoms with Crippen molar-refractivity contribution in [2.24, 2.45) is 5.92 Å². The molecule has 2 aromatic rings. The fourth-order valence-corrected chi connectivity index (χ4v) is 6.13. The van der Waals surface area contributed by atoms with Gasteiger partial charge in [0.25, 0.3) is 0 Å². The second-order valence-corrected chi connectivity index (χ2v) is 11.5. The number of piperazine rings is 1. The number of esters is 1. The molecule has 2 aromatic carbocycles. The number of nitrogens with zero attached hydrogens (tertiary/aromatic N) is 3. The molecule has 3 heterocycles. The van der Waals surface area contributed by atoms with E-state index in [2.05, 4.69) is 29.2 Å². The zero-order valence-electron chi connectivity index (χ0n) is 22.2. The molecule has 2 amide bonds. The number of amides is 2.